The van der Waals surface area contributed by atoms with Gasteiger partial charge in [0.2, 0.25) is 0 Å². The van der Waals surface area contributed by atoms with Crippen molar-refractivity contribution in [1.29, 1.82) is 10.5 Å². The van der Waals surface area contributed by atoms with E-state index in [9.17, 15) is 10.5 Å². The van der Waals surface area contributed by atoms with Crippen LogP contribution in [0, 0.1) is 22.7 Å². The lowest BCUT2D eigenvalue weighted by molar-refractivity contribution is 1.08. The molecule has 13 rings (SSSR count). The first-order valence-electron chi connectivity index (χ1n) is 20.7. The number of hydrogen-bond acceptors (Lipinski definition) is 2. The van der Waals surface area contributed by atoms with Crippen molar-refractivity contribution in [3.8, 4) is 34.9 Å². The molecule has 0 fully saturated rings. The third-order valence-electron chi connectivity index (χ3n) is 12.8. The molecule has 286 valence electrons. The summed E-state index contributed by atoms with van der Waals surface area (Å²) in [4.78, 5) is 0. The van der Waals surface area contributed by atoms with Crippen molar-refractivity contribution in [2.75, 3.05) is 0 Å². The second-order valence-corrected chi connectivity index (χ2v) is 16.0. The first-order valence-corrected chi connectivity index (χ1v) is 20.7. The average Bonchev–Trinajstić information content (AvgIpc) is 4.04. The summed E-state index contributed by atoms with van der Waals surface area (Å²) in [6.07, 6.45) is 0. The van der Waals surface area contributed by atoms with Gasteiger partial charge in [-0.2, -0.15) is 10.5 Å². The van der Waals surface area contributed by atoms with Crippen LogP contribution in [0.3, 0.4) is 0 Å². The molecule has 0 atom stereocenters. The summed E-state index contributed by atoms with van der Waals surface area (Å²) in [6, 6.07) is 73.0. The highest BCUT2D eigenvalue weighted by Crippen LogP contribution is 2.44. The molecule has 0 aliphatic heterocycles. The average molecular weight is 789 g/mol. The van der Waals surface area contributed by atoms with Crippen molar-refractivity contribution in [2.24, 2.45) is 0 Å². The molecular formula is C56H32N6. The molecule has 0 spiro atoms. The molecule has 6 nitrogen and oxygen atoms in total. The van der Waals surface area contributed by atoms with Crippen LogP contribution in [0.2, 0.25) is 0 Å². The fourth-order valence-electron chi connectivity index (χ4n) is 10.2. The second-order valence-electron chi connectivity index (χ2n) is 16.0. The number of fused-ring (bicyclic) bond motifs is 12. The fourth-order valence-corrected chi connectivity index (χ4v) is 10.2. The normalized spacial score (nSPS) is 11.8. The van der Waals surface area contributed by atoms with Crippen LogP contribution in [-0.4, -0.2) is 18.3 Å². The maximum absolute atomic E-state index is 11.2. The molecule has 4 aromatic heterocycles. The predicted molar refractivity (Wildman–Crippen MR) is 253 cm³/mol. The molecule has 0 amide bonds. The van der Waals surface area contributed by atoms with E-state index < -0.39 is 0 Å². The van der Waals surface area contributed by atoms with Crippen LogP contribution in [0.5, 0.6) is 0 Å². The standard InChI is InChI=1S/C56H32N6/c57-33-35-27-36(34-58)56(62-50-26-14-10-22-42(50)46-30-44-40-20-8-12-24-48(40)60(52(44)32-54(46)62)38-17-5-2-6-18-38)55(28-35)61-49-25-13-9-21-41(49)45-29-43-39-19-7-11-23-47(39)59(51(43)31-53(45)61)37-15-3-1-4-16-37/h1-32H. The van der Waals surface area contributed by atoms with Gasteiger partial charge in [0, 0.05) is 54.5 Å². The zero-order valence-corrected chi connectivity index (χ0v) is 33.2. The zero-order valence-electron chi connectivity index (χ0n) is 33.2. The Hall–Kier alpha value is -8.84. The number of benzene rings is 9. The van der Waals surface area contributed by atoms with E-state index in [0.29, 0.717) is 16.8 Å². The van der Waals surface area contributed by atoms with Crippen molar-refractivity contribution in [2.45, 2.75) is 0 Å². The third-order valence-corrected chi connectivity index (χ3v) is 12.8. The van der Waals surface area contributed by atoms with E-state index in [1.165, 1.54) is 10.8 Å². The van der Waals surface area contributed by atoms with E-state index in [-0.39, 0.29) is 0 Å². The molecule has 6 heteroatoms. The molecule has 0 N–H and O–H groups in total. The Morgan fingerprint density at radius 2 is 0.661 bits per heavy atom. The second kappa shape index (κ2) is 12.8. The van der Waals surface area contributed by atoms with E-state index in [2.05, 4.69) is 200 Å². The summed E-state index contributed by atoms with van der Waals surface area (Å²) >= 11 is 0. The Morgan fingerprint density at radius 1 is 0.290 bits per heavy atom. The van der Waals surface area contributed by atoms with Gasteiger partial charge >= 0.3 is 0 Å². The minimum atomic E-state index is 0.413. The maximum Gasteiger partial charge on any atom is 0.101 e. The first kappa shape index (κ1) is 34.1. The molecular weight excluding hydrogens is 757 g/mol. The lowest BCUT2D eigenvalue weighted by atomic mass is 10.1. The summed E-state index contributed by atoms with van der Waals surface area (Å²) in [5, 5.41) is 30.8. The number of para-hydroxylation sites is 6. The highest BCUT2D eigenvalue weighted by Gasteiger charge is 2.26. The van der Waals surface area contributed by atoms with Crippen molar-refractivity contribution >= 4 is 87.2 Å². The Kier molecular flexibility index (Phi) is 7.05. The van der Waals surface area contributed by atoms with Gasteiger partial charge in [0.15, 0.2) is 0 Å². The molecule has 0 unspecified atom stereocenters. The van der Waals surface area contributed by atoms with Gasteiger partial charge in [-0.3, -0.25) is 0 Å². The predicted octanol–water partition coefficient (Wildman–Crippen LogP) is 13.8. The first-order chi connectivity index (χ1) is 30.7. The highest BCUT2D eigenvalue weighted by molar-refractivity contribution is 6.21. The van der Waals surface area contributed by atoms with Crippen LogP contribution < -0.4 is 0 Å². The van der Waals surface area contributed by atoms with E-state index in [1.807, 2.05) is 18.2 Å². The van der Waals surface area contributed by atoms with Crippen molar-refractivity contribution in [3.05, 3.63) is 205 Å². The van der Waals surface area contributed by atoms with Crippen LogP contribution in [0.1, 0.15) is 11.1 Å². The Labute approximate surface area is 354 Å². The van der Waals surface area contributed by atoms with Gasteiger partial charge in [-0.15, -0.1) is 0 Å². The molecule has 13 aromatic rings. The van der Waals surface area contributed by atoms with Crippen LogP contribution in [-0.2, 0) is 0 Å². The number of rotatable bonds is 4. The molecule has 0 saturated heterocycles. The zero-order chi connectivity index (χ0) is 41.1. The van der Waals surface area contributed by atoms with Gasteiger partial charge in [0.05, 0.1) is 72.7 Å². The van der Waals surface area contributed by atoms with Crippen molar-refractivity contribution in [1.82, 2.24) is 18.3 Å². The van der Waals surface area contributed by atoms with E-state index in [0.717, 1.165) is 93.5 Å². The SMILES string of the molecule is N#Cc1cc(C#N)c(-n2c3ccccc3c3cc4c5ccccc5n(-c5ccccc5)c4cc32)c(-n2c3ccccc3c3cc4c5ccccc5n(-c5ccccc5)c4cc32)c1. The van der Waals surface area contributed by atoms with Crippen LogP contribution >= 0.6 is 0 Å². The molecule has 0 aliphatic rings. The highest BCUT2D eigenvalue weighted by atomic mass is 15.1. The van der Waals surface area contributed by atoms with Crippen LogP contribution in [0.4, 0.5) is 0 Å². The minimum Gasteiger partial charge on any atom is -0.309 e. The summed E-state index contributed by atoms with van der Waals surface area (Å²) in [5.41, 5.74) is 12.7. The van der Waals surface area contributed by atoms with Gasteiger partial charge < -0.3 is 18.3 Å². The van der Waals surface area contributed by atoms with Gasteiger partial charge in [-0.1, -0.05) is 109 Å². The number of nitriles is 2. The molecule has 0 radical (unpaired) electrons. The quantitative estimate of drug-likeness (QED) is 0.178. The van der Waals surface area contributed by atoms with Crippen molar-refractivity contribution in [3.63, 3.8) is 0 Å². The molecule has 9 aromatic carbocycles. The monoisotopic (exact) mass is 788 g/mol. The Bertz CT molecular complexity index is 4110. The number of hydrogen-bond donors (Lipinski definition) is 0. The number of aromatic nitrogens is 4. The Morgan fingerprint density at radius 3 is 1.10 bits per heavy atom. The van der Waals surface area contributed by atoms with Crippen LogP contribution in [0.25, 0.3) is 110 Å². The van der Waals surface area contributed by atoms with Crippen molar-refractivity contribution < 1.29 is 0 Å². The van der Waals surface area contributed by atoms with E-state index in [4.69, 9.17) is 0 Å². The summed E-state index contributed by atoms with van der Waals surface area (Å²) in [7, 11) is 0. The minimum absolute atomic E-state index is 0.413. The topological polar surface area (TPSA) is 67.3 Å². The lowest BCUT2D eigenvalue weighted by Crippen LogP contribution is -2.07. The fraction of sp³-hybridized carbons (Fsp3) is 0. The van der Waals surface area contributed by atoms with Gasteiger partial charge in [-0.25, -0.2) is 0 Å². The maximum atomic E-state index is 11.2. The molecule has 62 heavy (non-hydrogen) atoms. The van der Waals surface area contributed by atoms with Gasteiger partial charge in [0.1, 0.15) is 6.07 Å². The van der Waals surface area contributed by atoms with Gasteiger partial charge in [0.25, 0.3) is 0 Å². The van der Waals surface area contributed by atoms with E-state index >= 15 is 0 Å². The summed E-state index contributed by atoms with van der Waals surface area (Å²) in [6.45, 7) is 0. The smallest absolute Gasteiger partial charge is 0.101 e. The molecule has 4 heterocycles. The molecule has 0 aliphatic carbocycles. The molecule has 0 saturated carbocycles. The summed E-state index contributed by atoms with van der Waals surface area (Å²) in [5.74, 6) is 0. The Balaban J connectivity index is 1.20. The van der Waals surface area contributed by atoms with Crippen LogP contribution in [0.15, 0.2) is 194 Å². The van der Waals surface area contributed by atoms with E-state index in [1.54, 1.807) is 6.07 Å². The third kappa shape index (κ3) is 4.61. The largest absolute Gasteiger partial charge is 0.309 e. The summed E-state index contributed by atoms with van der Waals surface area (Å²) < 4.78 is 9.20. The van der Waals surface area contributed by atoms with Gasteiger partial charge in [-0.05, 0) is 84.9 Å². The number of nitrogens with zero attached hydrogens (tertiary/aromatic N) is 6. The molecule has 0 bridgehead atoms. The lowest BCUT2D eigenvalue weighted by Gasteiger charge is -2.19.